The molecule has 96 valence electrons. The van der Waals surface area contributed by atoms with Gasteiger partial charge in [-0.2, -0.15) is 0 Å². The molecule has 1 fully saturated rings. The molecule has 0 aliphatic carbocycles. The average molecular weight is 244 g/mol. The molecule has 0 spiro atoms. The summed E-state index contributed by atoms with van der Waals surface area (Å²) in [5.74, 6) is 0.563. The number of hydrogen-bond acceptors (Lipinski definition) is 2. The molecule has 18 heavy (non-hydrogen) atoms. The van der Waals surface area contributed by atoms with Crippen molar-refractivity contribution >= 4 is 12.0 Å². The van der Waals surface area contributed by atoms with Crippen LogP contribution in [0.3, 0.4) is 0 Å². The van der Waals surface area contributed by atoms with Gasteiger partial charge in [0.25, 0.3) is 0 Å². The first-order chi connectivity index (χ1) is 8.66. The molecule has 0 aromatic heterocycles. The molecule has 2 atom stereocenters. The smallest absolute Gasteiger partial charge is 0.246 e. The highest BCUT2D eigenvalue weighted by Crippen LogP contribution is 2.15. The maximum Gasteiger partial charge on any atom is 0.246 e. The minimum absolute atomic E-state index is 0.0567. The fourth-order valence-electron chi connectivity index (χ4n) is 2.14. The number of carbonyl (C=O) groups is 1. The fraction of sp³-hybridized carbons (Fsp3) is 0.400. The fourth-order valence-corrected chi connectivity index (χ4v) is 2.14. The Hall–Kier alpha value is -1.61. The van der Waals surface area contributed by atoms with Crippen LogP contribution in [0.25, 0.3) is 6.08 Å². The van der Waals surface area contributed by atoms with Crippen LogP contribution in [-0.2, 0) is 4.79 Å². The van der Waals surface area contributed by atoms with E-state index in [9.17, 15) is 4.79 Å². The van der Waals surface area contributed by atoms with Crippen LogP contribution in [0.1, 0.15) is 18.9 Å². The van der Waals surface area contributed by atoms with Crippen molar-refractivity contribution in [2.75, 3.05) is 13.1 Å². The summed E-state index contributed by atoms with van der Waals surface area (Å²) < 4.78 is 0. The second-order valence-corrected chi connectivity index (χ2v) is 4.96. The molecule has 1 aliphatic heterocycles. The second kappa shape index (κ2) is 5.83. The molecule has 2 N–H and O–H groups in total. The number of nitrogens with two attached hydrogens (primary N) is 1. The molecule has 1 saturated heterocycles. The Balaban J connectivity index is 1.94. The third-order valence-corrected chi connectivity index (χ3v) is 3.55. The Labute approximate surface area is 108 Å². The van der Waals surface area contributed by atoms with Crippen molar-refractivity contribution in [3.8, 4) is 0 Å². The van der Waals surface area contributed by atoms with Gasteiger partial charge in [-0.05, 0) is 24.0 Å². The molecule has 1 aliphatic rings. The van der Waals surface area contributed by atoms with E-state index in [4.69, 9.17) is 5.73 Å². The molecule has 1 aromatic carbocycles. The molecule has 2 unspecified atom stereocenters. The molecular weight excluding hydrogens is 224 g/mol. The quantitative estimate of drug-likeness (QED) is 0.808. The van der Waals surface area contributed by atoms with Crippen LogP contribution in [0.4, 0.5) is 0 Å². The highest BCUT2D eigenvalue weighted by Gasteiger charge is 2.24. The van der Waals surface area contributed by atoms with E-state index in [1.807, 2.05) is 41.3 Å². The second-order valence-electron chi connectivity index (χ2n) is 4.96. The normalized spacial score (nSPS) is 24.4. The lowest BCUT2D eigenvalue weighted by Crippen LogP contribution is -2.49. The third-order valence-electron chi connectivity index (χ3n) is 3.55. The van der Waals surface area contributed by atoms with E-state index in [-0.39, 0.29) is 11.9 Å². The lowest BCUT2D eigenvalue weighted by atomic mass is 9.94. The first-order valence-corrected chi connectivity index (χ1v) is 6.44. The van der Waals surface area contributed by atoms with Crippen molar-refractivity contribution in [1.29, 1.82) is 0 Å². The molecule has 1 amide bonds. The van der Waals surface area contributed by atoms with Crippen molar-refractivity contribution in [3.63, 3.8) is 0 Å². The van der Waals surface area contributed by atoms with Gasteiger partial charge in [0.2, 0.25) is 5.91 Å². The molecular formula is C15H20N2O. The Morgan fingerprint density at radius 2 is 2.11 bits per heavy atom. The number of rotatable bonds is 2. The Kier molecular flexibility index (Phi) is 4.15. The molecule has 1 aromatic rings. The summed E-state index contributed by atoms with van der Waals surface area (Å²) in [6, 6.07) is 9.95. The van der Waals surface area contributed by atoms with Gasteiger partial charge in [-0.25, -0.2) is 0 Å². The topological polar surface area (TPSA) is 46.3 Å². The van der Waals surface area contributed by atoms with Crippen molar-refractivity contribution in [2.24, 2.45) is 11.7 Å². The number of likely N-dealkylation sites (tertiary alicyclic amines) is 1. The van der Waals surface area contributed by atoms with Crippen LogP contribution in [0.2, 0.25) is 0 Å². The largest absolute Gasteiger partial charge is 0.338 e. The van der Waals surface area contributed by atoms with Crippen molar-refractivity contribution in [2.45, 2.75) is 19.4 Å². The van der Waals surface area contributed by atoms with Gasteiger partial charge in [0.15, 0.2) is 0 Å². The van der Waals surface area contributed by atoms with Crippen LogP contribution in [0.5, 0.6) is 0 Å². The lowest BCUT2D eigenvalue weighted by molar-refractivity contribution is -0.127. The van der Waals surface area contributed by atoms with Gasteiger partial charge in [0, 0.05) is 25.2 Å². The molecule has 0 radical (unpaired) electrons. The third kappa shape index (κ3) is 3.20. The van der Waals surface area contributed by atoms with Crippen LogP contribution in [0, 0.1) is 5.92 Å². The number of piperidine rings is 1. The summed E-state index contributed by atoms with van der Waals surface area (Å²) >= 11 is 0. The van der Waals surface area contributed by atoms with Crippen LogP contribution >= 0.6 is 0 Å². The summed E-state index contributed by atoms with van der Waals surface area (Å²) in [7, 11) is 0. The summed E-state index contributed by atoms with van der Waals surface area (Å²) in [4.78, 5) is 13.8. The number of benzene rings is 1. The van der Waals surface area contributed by atoms with Crippen molar-refractivity contribution in [3.05, 3.63) is 42.0 Å². The average Bonchev–Trinajstić information content (AvgIpc) is 2.40. The molecule has 3 nitrogen and oxygen atoms in total. The minimum atomic E-state index is 0.0567. The van der Waals surface area contributed by atoms with E-state index in [0.29, 0.717) is 12.5 Å². The predicted octanol–water partition coefficient (Wildman–Crippen LogP) is 1.90. The summed E-state index contributed by atoms with van der Waals surface area (Å²) in [6.45, 7) is 3.62. The van der Waals surface area contributed by atoms with Gasteiger partial charge in [0.1, 0.15) is 0 Å². The van der Waals surface area contributed by atoms with Crippen LogP contribution in [0.15, 0.2) is 36.4 Å². The molecule has 0 bridgehead atoms. The van der Waals surface area contributed by atoms with Crippen molar-refractivity contribution in [1.82, 2.24) is 4.90 Å². The zero-order valence-electron chi connectivity index (χ0n) is 10.8. The first-order valence-electron chi connectivity index (χ1n) is 6.44. The number of carbonyl (C=O) groups excluding carboxylic acids is 1. The standard InChI is InChI=1S/C15H20N2O/c1-12-9-10-17(11-14(12)16)15(18)8-7-13-5-3-2-4-6-13/h2-8,12,14H,9-11,16H2,1H3/b8-7+. The molecule has 3 heteroatoms. The van der Waals surface area contributed by atoms with E-state index in [2.05, 4.69) is 6.92 Å². The van der Waals surface area contributed by atoms with Crippen molar-refractivity contribution < 1.29 is 4.79 Å². The van der Waals surface area contributed by atoms with E-state index < -0.39 is 0 Å². The summed E-state index contributed by atoms with van der Waals surface area (Å²) in [6.07, 6.45) is 4.48. The number of nitrogens with zero attached hydrogens (tertiary/aromatic N) is 1. The van der Waals surface area contributed by atoms with E-state index in [1.54, 1.807) is 6.08 Å². The highest BCUT2D eigenvalue weighted by molar-refractivity contribution is 5.91. The van der Waals surface area contributed by atoms with Gasteiger partial charge < -0.3 is 10.6 Å². The zero-order valence-corrected chi connectivity index (χ0v) is 10.8. The van der Waals surface area contributed by atoms with Crippen LogP contribution in [-0.4, -0.2) is 29.9 Å². The number of amides is 1. The van der Waals surface area contributed by atoms with E-state index >= 15 is 0 Å². The maximum absolute atomic E-state index is 12.0. The van der Waals surface area contributed by atoms with Gasteiger partial charge in [-0.15, -0.1) is 0 Å². The highest BCUT2D eigenvalue weighted by atomic mass is 16.2. The summed E-state index contributed by atoms with van der Waals surface area (Å²) in [5, 5.41) is 0. The van der Waals surface area contributed by atoms with E-state index in [0.717, 1.165) is 18.5 Å². The van der Waals surface area contributed by atoms with Crippen LogP contribution < -0.4 is 5.73 Å². The Morgan fingerprint density at radius 1 is 1.39 bits per heavy atom. The molecule has 0 saturated carbocycles. The molecule has 1 heterocycles. The van der Waals surface area contributed by atoms with Gasteiger partial charge in [0.05, 0.1) is 0 Å². The van der Waals surface area contributed by atoms with Gasteiger partial charge >= 0.3 is 0 Å². The van der Waals surface area contributed by atoms with E-state index in [1.165, 1.54) is 0 Å². The summed E-state index contributed by atoms with van der Waals surface area (Å²) in [5.41, 5.74) is 7.04. The number of hydrogen-bond donors (Lipinski definition) is 1. The Bertz CT molecular complexity index is 427. The predicted molar refractivity (Wildman–Crippen MR) is 73.8 cm³/mol. The maximum atomic E-state index is 12.0. The lowest BCUT2D eigenvalue weighted by Gasteiger charge is -2.34. The van der Waals surface area contributed by atoms with Gasteiger partial charge in [-0.3, -0.25) is 4.79 Å². The molecule has 2 rings (SSSR count). The zero-order chi connectivity index (χ0) is 13.0. The Morgan fingerprint density at radius 3 is 2.78 bits per heavy atom. The minimum Gasteiger partial charge on any atom is -0.338 e. The monoisotopic (exact) mass is 244 g/mol. The van der Waals surface area contributed by atoms with Gasteiger partial charge in [-0.1, -0.05) is 37.3 Å². The SMILES string of the molecule is CC1CCN(C(=O)/C=C/c2ccccc2)CC1N. The first kappa shape index (κ1) is 12.8.